The Morgan fingerprint density at radius 2 is 1.75 bits per heavy atom. The van der Waals surface area contributed by atoms with Crippen molar-refractivity contribution in [3.8, 4) is 0 Å². The lowest BCUT2D eigenvalue weighted by molar-refractivity contribution is 0.102. The molecule has 0 spiro atoms. The monoisotopic (exact) mass is 410 g/mol. The van der Waals surface area contributed by atoms with Gasteiger partial charge < -0.3 is 5.32 Å². The first-order valence-electron chi connectivity index (χ1n) is 7.56. The molecule has 1 amide bonds. The topological polar surface area (TPSA) is 66.5 Å². The van der Waals surface area contributed by atoms with E-state index < -0.39 is 10.0 Å². The maximum Gasteiger partial charge on any atom is 0.255 e. The van der Waals surface area contributed by atoms with Gasteiger partial charge in [-0.1, -0.05) is 32.0 Å². The number of rotatable bonds is 6. The second-order valence-corrected chi connectivity index (χ2v) is 7.84. The van der Waals surface area contributed by atoms with E-state index in [4.69, 9.17) is 0 Å². The van der Waals surface area contributed by atoms with Crippen molar-refractivity contribution in [2.24, 2.45) is 0 Å². The first-order valence-corrected chi connectivity index (χ1v) is 9.79. The highest BCUT2D eigenvalue weighted by molar-refractivity contribution is 9.10. The van der Waals surface area contributed by atoms with Gasteiger partial charge in [-0.2, -0.15) is 4.31 Å². The van der Waals surface area contributed by atoms with E-state index in [9.17, 15) is 13.2 Å². The highest BCUT2D eigenvalue weighted by Gasteiger charge is 2.22. The standard InChI is InChI=1S/C17H19BrN2O3S/c1-3-20(4-2)24(22,23)14-9-7-8-13(12-14)17(21)19-16-11-6-5-10-15(16)18/h5-12H,3-4H2,1-2H3,(H,19,21). The fourth-order valence-electron chi connectivity index (χ4n) is 2.27. The van der Waals surface area contributed by atoms with Gasteiger partial charge in [-0.05, 0) is 46.3 Å². The van der Waals surface area contributed by atoms with Gasteiger partial charge in [0.1, 0.15) is 0 Å². The van der Waals surface area contributed by atoms with Crippen molar-refractivity contribution in [1.82, 2.24) is 4.31 Å². The summed E-state index contributed by atoms with van der Waals surface area (Å²) in [7, 11) is -3.59. The number of benzene rings is 2. The van der Waals surface area contributed by atoms with Crippen LogP contribution in [0.5, 0.6) is 0 Å². The zero-order valence-electron chi connectivity index (χ0n) is 13.5. The van der Waals surface area contributed by atoms with Crippen molar-refractivity contribution in [2.45, 2.75) is 18.7 Å². The van der Waals surface area contributed by atoms with E-state index in [0.29, 0.717) is 24.3 Å². The Hall–Kier alpha value is -1.70. The molecule has 0 bridgehead atoms. The Bertz CT molecular complexity index is 833. The molecule has 128 valence electrons. The van der Waals surface area contributed by atoms with Crippen LogP contribution >= 0.6 is 15.9 Å². The predicted molar refractivity (Wildman–Crippen MR) is 98.6 cm³/mol. The van der Waals surface area contributed by atoms with Crippen LogP contribution in [0.25, 0.3) is 0 Å². The van der Waals surface area contributed by atoms with Gasteiger partial charge in [0, 0.05) is 23.1 Å². The summed E-state index contributed by atoms with van der Waals surface area (Å²) in [5.41, 5.74) is 0.915. The number of carbonyl (C=O) groups excluding carboxylic acids is 1. The summed E-state index contributed by atoms with van der Waals surface area (Å²) in [5, 5.41) is 2.77. The van der Waals surface area contributed by atoms with Crippen LogP contribution in [0.1, 0.15) is 24.2 Å². The normalized spacial score (nSPS) is 11.5. The van der Waals surface area contributed by atoms with E-state index in [-0.39, 0.29) is 10.8 Å². The molecule has 7 heteroatoms. The highest BCUT2D eigenvalue weighted by Crippen LogP contribution is 2.23. The van der Waals surface area contributed by atoms with E-state index in [2.05, 4.69) is 21.2 Å². The van der Waals surface area contributed by atoms with Crippen LogP contribution in [-0.4, -0.2) is 31.7 Å². The number of nitrogens with one attached hydrogen (secondary N) is 1. The lowest BCUT2D eigenvalue weighted by atomic mass is 10.2. The maximum absolute atomic E-state index is 12.6. The summed E-state index contributed by atoms with van der Waals surface area (Å²) in [4.78, 5) is 12.5. The van der Waals surface area contributed by atoms with Crippen molar-refractivity contribution >= 4 is 37.5 Å². The van der Waals surface area contributed by atoms with Gasteiger partial charge in [-0.15, -0.1) is 0 Å². The molecule has 0 aliphatic heterocycles. The van der Waals surface area contributed by atoms with Gasteiger partial charge in [0.05, 0.1) is 10.6 Å². The number of nitrogens with zero attached hydrogens (tertiary/aromatic N) is 1. The van der Waals surface area contributed by atoms with Crippen LogP contribution < -0.4 is 5.32 Å². The number of sulfonamides is 1. The molecule has 0 aliphatic rings. The number of amides is 1. The molecule has 0 heterocycles. The zero-order chi connectivity index (χ0) is 17.7. The minimum atomic E-state index is -3.59. The average Bonchev–Trinajstić information content (AvgIpc) is 2.58. The van der Waals surface area contributed by atoms with Crippen molar-refractivity contribution < 1.29 is 13.2 Å². The Labute approximate surface area is 150 Å². The molecule has 0 fully saturated rings. The second-order valence-electron chi connectivity index (χ2n) is 5.05. The van der Waals surface area contributed by atoms with Crippen LogP contribution in [0.2, 0.25) is 0 Å². The molecule has 0 aromatic heterocycles. The summed E-state index contributed by atoms with van der Waals surface area (Å²) in [6.45, 7) is 4.33. The fraction of sp³-hybridized carbons (Fsp3) is 0.235. The smallest absolute Gasteiger partial charge is 0.255 e. The van der Waals surface area contributed by atoms with Crippen LogP contribution in [-0.2, 0) is 10.0 Å². The Balaban J connectivity index is 2.30. The Kier molecular flexibility index (Phi) is 6.15. The van der Waals surface area contributed by atoms with Gasteiger partial charge in [-0.25, -0.2) is 8.42 Å². The molecule has 0 saturated heterocycles. The first kappa shape index (κ1) is 18.6. The summed E-state index contributed by atoms with van der Waals surface area (Å²) < 4.78 is 27.3. The molecule has 2 rings (SSSR count). The second kappa shape index (κ2) is 7.92. The third-order valence-corrected chi connectivity index (χ3v) is 6.30. The van der Waals surface area contributed by atoms with Crippen LogP contribution in [0.15, 0.2) is 57.9 Å². The SMILES string of the molecule is CCN(CC)S(=O)(=O)c1cccc(C(=O)Nc2ccccc2Br)c1. The third kappa shape index (κ3) is 4.03. The average molecular weight is 411 g/mol. The third-order valence-electron chi connectivity index (χ3n) is 3.56. The summed E-state index contributed by atoms with van der Waals surface area (Å²) >= 11 is 3.36. The van der Waals surface area contributed by atoms with Crippen LogP contribution in [0.4, 0.5) is 5.69 Å². The largest absolute Gasteiger partial charge is 0.321 e. The highest BCUT2D eigenvalue weighted by atomic mass is 79.9. The summed E-state index contributed by atoms with van der Waals surface area (Å²) in [5.74, 6) is -0.363. The van der Waals surface area contributed by atoms with Gasteiger partial charge in [-0.3, -0.25) is 4.79 Å². The van der Waals surface area contributed by atoms with Crippen molar-refractivity contribution in [1.29, 1.82) is 0 Å². The zero-order valence-corrected chi connectivity index (χ0v) is 15.9. The number of carbonyl (C=O) groups is 1. The lowest BCUT2D eigenvalue weighted by Crippen LogP contribution is -2.30. The molecule has 0 saturated carbocycles. The van der Waals surface area contributed by atoms with Gasteiger partial charge >= 0.3 is 0 Å². The van der Waals surface area contributed by atoms with E-state index in [1.807, 2.05) is 18.2 Å². The molecule has 2 aromatic rings. The summed E-state index contributed by atoms with van der Waals surface area (Å²) in [6.07, 6.45) is 0. The molecule has 1 N–H and O–H groups in total. The van der Waals surface area contributed by atoms with E-state index in [0.717, 1.165) is 4.47 Å². The van der Waals surface area contributed by atoms with Gasteiger partial charge in [0.25, 0.3) is 5.91 Å². The van der Waals surface area contributed by atoms with Gasteiger partial charge in [0.15, 0.2) is 0 Å². The van der Waals surface area contributed by atoms with Crippen LogP contribution in [0.3, 0.4) is 0 Å². The van der Waals surface area contributed by atoms with E-state index in [1.54, 1.807) is 32.0 Å². The van der Waals surface area contributed by atoms with Crippen molar-refractivity contribution in [2.75, 3.05) is 18.4 Å². The van der Waals surface area contributed by atoms with Crippen molar-refractivity contribution in [3.05, 3.63) is 58.6 Å². The number of para-hydroxylation sites is 1. The quantitative estimate of drug-likeness (QED) is 0.788. The lowest BCUT2D eigenvalue weighted by Gasteiger charge is -2.18. The molecule has 2 aromatic carbocycles. The first-order chi connectivity index (χ1) is 11.4. The number of hydrogen-bond donors (Lipinski definition) is 1. The van der Waals surface area contributed by atoms with Crippen LogP contribution in [0, 0.1) is 0 Å². The minimum absolute atomic E-state index is 0.117. The molecule has 24 heavy (non-hydrogen) atoms. The minimum Gasteiger partial charge on any atom is -0.321 e. The van der Waals surface area contributed by atoms with Crippen molar-refractivity contribution in [3.63, 3.8) is 0 Å². The van der Waals surface area contributed by atoms with Gasteiger partial charge in [0.2, 0.25) is 10.0 Å². The Morgan fingerprint density at radius 3 is 2.38 bits per heavy atom. The van der Waals surface area contributed by atoms with E-state index >= 15 is 0 Å². The number of anilines is 1. The molecule has 0 atom stereocenters. The maximum atomic E-state index is 12.6. The Morgan fingerprint density at radius 1 is 1.08 bits per heavy atom. The fourth-order valence-corrected chi connectivity index (χ4v) is 4.16. The summed E-state index contributed by atoms with van der Waals surface area (Å²) in [6, 6.07) is 13.3. The van der Waals surface area contributed by atoms with E-state index in [1.165, 1.54) is 16.4 Å². The number of halogens is 1. The molecule has 0 aliphatic carbocycles. The molecular weight excluding hydrogens is 392 g/mol. The molecule has 0 unspecified atom stereocenters. The molecule has 0 radical (unpaired) electrons. The molecular formula is C17H19BrN2O3S. The predicted octanol–water partition coefficient (Wildman–Crippen LogP) is 3.73. The number of hydrogen-bond acceptors (Lipinski definition) is 3. The molecule has 5 nitrogen and oxygen atoms in total.